The van der Waals surface area contributed by atoms with Crippen LogP contribution in [0.5, 0.6) is 0 Å². The van der Waals surface area contributed by atoms with Gasteiger partial charge >= 0.3 is 0 Å². The van der Waals surface area contributed by atoms with E-state index in [2.05, 4.69) is 15.9 Å². The highest BCUT2D eigenvalue weighted by Crippen LogP contribution is 2.21. The van der Waals surface area contributed by atoms with Crippen LogP contribution in [-0.4, -0.2) is 6.04 Å². The molecule has 3 heteroatoms. The highest BCUT2D eigenvalue weighted by Gasteiger charge is 2.06. The molecule has 0 aliphatic heterocycles. The second kappa shape index (κ2) is 4.01. The van der Waals surface area contributed by atoms with Crippen molar-refractivity contribution in [3.05, 3.63) is 34.1 Å². The lowest BCUT2D eigenvalue weighted by Gasteiger charge is -2.07. The number of benzene rings is 1. The molecule has 0 heterocycles. The van der Waals surface area contributed by atoms with E-state index in [0.717, 1.165) is 5.56 Å². The first-order valence-corrected chi connectivity index (χ1v) is 4.59. The lowest BCUT2D eigenvalue weighted by molar-refractivity contribution is 0.615. The fourth-order valence-corrected chi connectivity index (χ4v) is 1.48. The summed E-state index contributed by atoms with van der Waals surface area (Å²) in [5.74, 6) is -0.229. The molecule has 2 N–H and O–H groups in total. The van der Waals surface area contributed by atoms with E-state index in [1.54, 1.807) is 6.07 Å². The third-order valence-electron chi connectivity index (χ3n) is 1.57. The molecule has 0 aliphatic rings. The van der Waals surface area contributed by atoms with Crippen molar-refractivity contribution in [2.24, 2.45) is 5.73 Å². The highest BCUT2D eigenvalue weighted by molar-refractivity contribution is 9.10. The molecule has 0 fully saturated rings. The average Bonchev–Trinajstić information content (AvgIpc) is 1.98. The summed E-state index contributed by atoms with van der Waals surface area (Å²) in [6, 6.07) is 5.05. The van der Waals surface area contributed by atoms with E-state index in [9.17, 15) is 4.39 Å². The fourth-order valence-electron chi connectivity index (χ4n) is 1.05. The maximum Gasteiger partial charge on any atom is 0.137 e. The van der Waals surface area contributed by atoms with Gasteiger partial charge in [-0.15, -0.1) is 0 Å². The van der Waals surface area contributed by atoms with Crippen LogP contribution in [0.1, 0.15) is 12.5 Å². The molecule has 0 spiro atoms. The number of hydrogen-bond acceptors (Lipinski definition) is 1. The Morgan fingerprint density at radius 2 is 2.25 bits per heavy atom. The first kappa shape index (κ1) is 9.68. The third kappa shape index (κ3) is 2.29. The molecular formula is C9H11BrFN. The van der Waals surface area contributed by atoms with Crippen molar-refractivity contribution in [3.63, 3.8) is 0 Å². The summed E-state index contributed by atoms with van der Waals surface area (Å²) in [5.41, 5.74) is 6.52. The van der Waals surface area contributed by atoms with E-state index < -0.39 is 0 Å². The summed E-state index contributed by atoms with van der Waals surface area (Å²) < 4.78 is 13.5. The molecule has 12 heavy (non-hydrogen) atoms. The summed E-state index contributed by atoms with van der Waals surface area (Å²) >= 11 is 3.18. The van der Waals surface area contributed by atoms with Crippen molar-refractivity contribution in [2.45, 2.75) is 19.4 Å². The van der Waals surface area contributed by atoms with E-state index >= 15 is 0 Å². The summed E-state index contributed by atoms with van der Waals surface area (Å²) in [7, 11) is 0. The SMILES string of the molecule is CC(N)Cc1cccc(F)c1Br. The predicted octanol–water partition coefficient (Wildman–Crippen LogP) is 2.48. The van der Waals surface area contributed by atoms with E-state index in [0.29, 0.717) is 10.9 Å². The van der Waals surface area contributed by atoms with Gasteiger partial charge in [0.25, 0.3) is 0 Å². The number of halogens is 2. The van der Waals surface area contributed by atoms with Crippen LogP contribution in [0, 0.1) is 5.82 Å². The van der Waals surface area contributed by atoms with Crippen molar-refractivity contribution in [1.82, 2.24) is 0 Å². The van der Waals surface area contributed by atoms with Crippen molar-refractivity contribution in [3.8, 4) is 0 Å². The monoisotopic (exact) mass is 231 g/mol. The minimum Gasteiger partial charge on any atom is -0.328 e. The Labute approximate surface area is 79.9 Å². The van der Waals surface area contributed by atoms with Gasteiger partial charge < -0.3 is 5.73 Å². The molecule has 1 unspecified atom stereocenters. The molecule has 0 amide bonds. The molecule has 0 bridgehead atoms. The molecule has 1 aromatic carbocycles. The fraction of sp³-hybridized carbons (Fsp3) is 0.333. The van der Waals surface area contributed by atoms with Gasteiger partial charge in [-0.1, -0.05) is 12.1 Å². The Kier molecular flexibility index (Phi) is 3.23. The Morgan fingerprint density at radius 3 is 2.83 bits per heavy atom. The molecule has 0 aliphatic carbocycles. The van der Waals surface area contributed by atoms with Gasteiger partial charge in [-0.2, -0.15) is 0 Å². The molecule has 0 saturated heterocycles. The summed E-state index contributed by atoms with van der Waals surface area (Å²) in [6.07, 6.45) is 0.693. The molecule has 1 atom stereocenters. The summed E-state index contributed by atoms with van der Waals surface area (Å²) in [4.78, 5) is 0. The van der Waals surface area contributed by atoms with Crippen molar-refractivity contribution >= 4 is 15.9 Å². The maximum absolute atomic E-state index is 12.9. The van der Waals surface area contributed by atoms with Gasteiger partial charge in [0.2, 0.25) is 0 Å². The maximum atomic E-state index is 12.9. The predicted molar refractivity (Wildman–Crippen MR) is 51.5 cm³/mol. The van der Waals surface area contributed by atoms with Gasteiger partial charge in [-0.3, -0.25) is 0 Å². The van der Waals surface area contributed by atoms with Gasteiger partial charge in [-0.05, 0) is 40.9 Å². The number of rotatable bonds is 2. The topological polar surface area (TPSA) is 26.0 Å². The summed E-state index contributed by atoms with van der Waals surface area (Å²) in [5, 5.41) is 0. The van der Waals surface area contributed by atoms with Crippen molar-refractivity contribution < 1.29 is 4.39 Å². The van der Waals surface area contributed by atoms with Crippen LogP contribution in [0.3, 0.4) is 0 Å². The quantitative estimate of drug-likeness (QED) is 0.832. The lowest BCUT2D eigenvalue weighted by Crippen LogP contribution is -2.18. The van der Waals surface area contributed by atoms with E-state index in [4.69, 9.17) is 5.73 Å². The molecule has 0 aromatic heterocycles. The van der Waals surface area contributed by atoms with Gasteiger partial charge in [0.05, 0.1) is 4.47 Å². The normalized spacial score (nSPS) is 13.0. The molecular weight excluding hydrogens is 221 g/mol. The van der Waals surface area contributed by atoms with Crippen molar-refractivity contribution in [1.29, 1.82) is 0 Å². The van der Waals surface area contributed by atoms with Gasteiger partial charge in [0, 0.05) is 6.04 Å². The Hall–Kier alpha value is -0.410. The van der Waals surface area contributed by atoms with Crippen LogP contribution in [0.25, 0.3) is 0 Å². The molecule has 66 valence electrons. The van der Waals surface area contributed by atoms with E-state index in [-0.39, 0.29) is 11.9 Å². The van der Waals surface area contributed by atoms with E-state index in [1.807, 2.05) is 13.0 Å². The van der Waals surface area contributed by atoms with Crippen LogP contribution < -0.4 is 5.73 Å². The Balaban J connectivity index is 2.92. The van der Waals surface area contributed by atoms with Gasteiger partial charge in [0.15, 0.2) is 0 Å². The second-order valence-corrected chi connectivity index (χ2v) is 3.69. The number of nitrogens with two attached hydrogens (primary N) is 1. The third-order valence-corrected chi connectivity index (χ3v) is 2.46. The number of hydrogen-bond donors (Lipinski definition) is 1. The van der Waals surface area contributed by atoms with E-state index in [1.165, 1.54) is 6.07 Å². The van der Waals surface area contributed by atoms with Gasteiger partial charge in [-0.25, -0.2) is 4.39 Å². The lowest BCUT2D eigenvalue weighted by atomic mass is 10.1. The van der Waals surface area contributed by atoms with Crippen LogP contribution in [-0.2, 0) is 6.42 Å². The minimum absolute atomic E-state index is 0.0584. The van der Waals surface area contributed by atoms with Crippen molar-refractivity contribution in [2.75, 3.05) is 0 Å². The Morgan fingerprint density at radius 1 is 1.58 bits per heavy atom. The minimum atomic E-state index is -0.229. The van der Waals surface area contributed by atoms with Crippen LogP contribution in [0.2, 0.25) is 0 Å². The van der Waals surface area contributed by atoms with Crippen LogP contribution in [0.15, 0.2) is 22.7 Å². The first-order chi connectivity index (χ1) is 5.61. The molecule has 1 nitrogen and oxygen atoms in total. The molecule has 1 aromatic rings. The largest absolute Gasteiger partial charge is 0.328 e. The zero-order chi connectivity index (χ0) is 9.14. The Bertz CT molecular complexity index is 273. The molecule has 1 rings (SSSR count). The highest BCUT2D eigenvalue weighted by atomic mass is 79.9. The second-order valence-electron chi connectivity index (χ2n) is 2.89. The summed E-state index contributed by atoms with van der Waals surface area (Å²) in [6.45, 7) is 1.90. The zero-order valence-electron chi connectivity index (χ0n) is 6.85. The first-order valence-electron chi connectivity index (χ1n) is 3.79. The van der Waals surface area contributed by atoms with Crippen LogP contribution >= 0.6 is 15.9 Å². The molecule has 0 saturated carbocycles. The standard InChI is InChI=1S/C9H11BrFN/c1-6(12)5-7-3-2-4-8(11)9(7)10/h2-4,6H,5,12H2,1H3. The smallest absolute Gasteiger partial charge is 0.137 e. The average molecular weight is 232 g/mol. The van der Waals surface area contributed by atoms with Gasteiger partial charge in [0.1, 0.15) is 5.82 Å². The van der Waals surface area contributed by atoms with Crippen LogP contribution in [0.4, 0.5) is 4.39 Å². The zero-order valence-corrected chi connectivity index (χ0v) is 8.44. The molecule has 0 radical (unpaired) electrons.